The Morgan fingerprint density at radius 3 is 2.21 bits per heavy atom. The Kier molecular flexibility index (Phi) is 7.40. The fourth-order valence-electron chi connectivity index (χ4n) is 4.39. The molecular weight excluding hydrogens is 408 g/mol. The van der Waals surface area contributed by atoms with Crippen LogP contribution < -0.4 is 0 Å². The largest absolute Gasteiger partial charge is 0.0911 e. The van der Waals surface area contributed by atoms with Gasteiger partial charge < -0.3 is 0 Å². The van der Waals surface area contributed by atoms with Gasteiger partial charge in [-0.3, -0.25) is 0 Å². The average molecular weight is 441 g/mol. The second kappa shape index (κ2) is 10.8. The van der Waals surface area contributed by atoms with Gasteiger partial charge in [0.15, 0.2) is 0 Å². The molecule has 0 nitrogen and oxygen atoms in total. The topological polar surface area (TPSA) is 0 Å². The van der Waals surface area contributed by atoms with Crippen LogP contribution in [0.2, 0.25) is 0 Å². The Hall–Kier alpha value is -3.90. The molecule has 4 aromatic rings. The molecule has 0 saturated heterocycles. The van der Waals surface area contributed by atoms with Gasteiger partial charge in [0, 0.05) is 0 Å². The standard InChI is InChI=1S/C34H32/c1-5-11-31-14-9-10-15-33(31)23-28-20-25(2)21-34(24-28)32-18-16-30(17-19-32)27(4)22-26(3)29-12-7-6-8-13-29/h5-22,24H,4,23H2,1-3H3/b11-5-,26-22+. The molecule has 0 radical (unpaired) electrons. The molecule has 0 heteroatoms. The second-order valence-electron chi connectivity index (χ2n) is 8.88. The zero-order valence-corrected chi connectivity index (χ0v) is 20.4. The maximum atomic E-state index is 4.31. The van der Waals surface area contributed by atoms with E-state index in [0.717, 1.165) is 17.6 Å². The van der Waals surface area contributed by atoms with Gasteiger partial charge in [0.1, 0.15) is 0 Å². The van der Waals surface area contributed by atoms with E-state index in [9.17, 15) is 0 Å². The predicted molar refractivity (Wildman–Crippen MR) is 150 cm³/mol. The normalized spacial score (nSPS) is 11.7. The van der Waals surface area contributed by atoms with Crippen molar-refractivity contribution in [3.63, 3.8) is 0 Å². The Morgan fingerprint density at radius 2 is 1.47 bits per heavy atom. The molecule has 0 aliphatic carbocycles. The number of hydrogen-bond donors (Lipinski definition) is 0. The molecule has 168 valence electrons. The van der Waals surface area contributed by atoms with Crippen LogP contribution in [0.4, 0.5) is 0 Å². The van der Waals surface area contributed by atoms with Crippen molar-refractivity contribution >= 4 is 17.2 Å². The second-order valence-corrected chi connectivity index (χ2v) is 8.88. The molecule has 0 aliphatic heterocycles. The number of benzene rings is 4. The van der Waals surface area contributed by atoms with Crippen LogP contribution in [0.1, 0.15) is 47.2 Å². The van der Waals surface area contributed by atoms with Gasteiger partial charge in [-0.15, -0.1) is 0 Å². The SMILES string of the molecule is C=C(/C=C(\C)c1ccccc1)c1ccc(-c2cc(C)cc(Cc3ccccc3/C=C\C)c2)cc1. The molecule has 34 heavy (non-hydrogen) atoms. The first-order valence-corrected chi connectivity index (χ1v) is 11.9. The first kappa shape index (κ1) is 23.3. The fraction of sp³-hybridized carbons (Fsp3) is 0.118. The first-order chi connectivity index (χ1) is 16.5. The van der Waals surface area contributed by atoms with Gasteiger partial charge in [0.2, 0.25) is 0 Å². The molecule has 0 bridgehead atoms. The summed E-state index contributed by atoms with van der Waals surface area (Å²) in [6.07, 6.45) is 7.38. The van der Waals surface area contributed by atoms with Crippen LogP contribution in [0.15, 0.2) is 116 Å². The summed E-state index contributed by atoms with van der Waals surface area (Å²) in [5.74, 6) is 0. The summed E-state index contributed by atoms with van der Waals surface area (Å²) in [4.78, 5) is 0. The third-order valence-corrected chi connectivity index (χ3v) is 6.14. The minimum atomic E-state index is 0.924. The maximum absolute atomic E-state index is 4.31. The van der Waals surface area contributed by atoms with E-state index < -0.39 is 0 Å². The lowest BCUT2D eigenvalue weighted by atomic mass is 9.94. The number of allylic oxidation sites excluding steroid dienone is 4. The third kappa shape index (κ3) is 5.71. The smallest absolute Gasteiger partial charge is 0.00195 e. The molecule has 0 N–H and O–H groups in total. The first-order valence-electron chi connectivity index (χ1n) is 11.9. The summed E-state index contributed by atoms with van der Waals surface area (Å²) >= 11 is 0. The summed E-state index contributed by atoms with van der Waals surface area (Å²) in [7, 11) is 0. The predicted octanol–water partition coefficient (Wildman–Crippen LogP) is 9.40. The molecule has 0 aromatic heterocycles. The molecule has 0 unspecified atom stereocenters. The third-order valence-electron chi connectivity index (χ3n) is 6.14. The summed E-state index contributed by atoms with van der Waals surface area (Å²) < 4.78 is 0. The Labute approximate surface area is 204 Å². The van der Waals surface area contributed by atoms with Crippen molar-refractivity contribution in [1.29, 1.82) is 0 Å². The molecule has 0 atom stereocenters. The fourth-order valence-corrected chi connectivity index (χ4v) is 4.39. The molecule has 4 aromatic carbocycles. The van der Waals surface area contributed by atoms with Gasteiger partial charge in [0.05, 0.1) is 0 Å². The van der Waals surface area contributed by atoms with Gasteiger partial charge in [-0.05, 0) is 77.3 Å². The maximum Gasteiger partial charge on any atom is -0.00195 e. The van der Waals surface area contributed by atoms with Crippen molar-refractivity contribution < 1.29 is 0 Å². The van der Waals surface area contributed by atoms with Gasteiger partial charge in [0.25, 0.3) is 0 Å². The van der Waals surface area contributed by atoms with E-state index >= 15 is 0 Å². The molecule has 0 fully saturated rings. The van der Waals surface area contributed by atoms with Gasteiger partial charge >= 0.3 is 0 Å². The van der Waals surface area contributed by atoms with Crippen LogP contribution in [-0.4, -0.2) is 0 Å². The van der Waals surface area contributed by atoms with Crippen molar-refractivity contribution in [2.24, 2.45) is 0 Å². The van der Waals surface area contributed by atoms with E-state index in [-0.39, 0.29) is 0 Å². The van der Waals surface area contributed by atoms with Crippen molar-refractivity contribution in [3.05, 3.63) is 149 Å². The highest BCUT2D eigenvalue weighted by molar-refractivity contribution is 5.82. The highest BCUT2D eigenvalue weighted by Gasteiger charge is 2.06. The Bertz CT molecular complexity index is 1330. The summed E-state index contributed by atoms with van der Waals surface area (Å²) in [5.41, 5.74) is 12.4. The quantitative estimate of drug-likeness (QED) is 0.251. The highest BCUT2D eigenvalue weighted by Crippen LogP contribution is 2.27. The van der Waals surface area contributed by atoms with Crippen LogP contribution in [0.5, 0.6) is 0 Å². The molecular formula is C34H32. The van der Waals surface area contributed by atoms with Crippen molar-refractivity contribution in [2.45, 2.75) is 27.2 Å². The zero-order valence-electron chi connectivity index (χ0n) is 20.4. The zero-order chi connectivity index (χ0) is 23.9. The van der Waals surface area contributed by atoms with Crippen LogP contribution in [-0.2, 0) is 6.42 Å². The minimum absolute atomic E-state index is 0.924. The van der Waals surface area contributed by atoms with Gasteiger partial charge in [-0.2, -0.15) is 0 Å². The number of rotatable bonds is 7. The van der Waals surface area contributed by atoms with E-state index in [2.05, 4.69) is 137 Å². The van der Waals surface area contributed by atoms with Crippen molar-refractivity contribution in [3.8, 4) is 11.1 Å². The van der Waals surface area contributed by atoms with Crippen molar-refractivity contribution in [2.75, 3.05) is 0 Å². The van der Waals surface area contributed by atoms with Crippen LogP contribution in [0, 0.1) is 6.92 Å². The lowest BCUT2D eigenvalue weighted by Crippen LogP contribution is -1.93. The lowest BCUT2D eigenvalue weighted by molar-refractivity contribution is 1.17. The average Bonchev–Trinajstić information content (AvgIpc) is 2.85. The molecule has 0 amide bonds. The van der Waals surface area contributed by atoms with Gasteiger partial charge in [-0.25, -0.2) is 0 Å². The van der Waals surface area contributed by atoms with E-state index in [1.807, 2.05) is 6.07 Å². The summed E-state index contributed by atoms with van der Waals surface area (Å²) in [6.45, 7) is 10.7. The molecule has 0 spiro atoms. The summed E-state index contributed by atoms with van der Waals surface area (Å²) in [5, 5.41) is 0. The molecule has 0 saturated carbocycles. The van der Waals surface area contributed by atoms with Gasteiger partial charge in [-0.1, -0.05) is 127 Å². The number of aryl methyl sites for hydroxylation is 1. The minimum Gasteiger partial charge on any atom is -0.0911 e. The van der Waals surface area contributed by atoms with Crippen LogP contribution >= 0.6 is 0 Å². The van der Waals surface area contributed by atoms with E-state index in [1.165, 1.54) is 44.5 Å². The monoisotopic (exact) mass is 440 g/mol. The van der Waals surface area contributed by atoms with Crippen LogP contribution in [0.25, 0.3) is 28.3 Å². The van der Waals surface area contributed by atoms with E-state index in [1.54, 1.807) is 0 Å². The number of hydrogen-bond acceptors (Lipinski definition) is 0. The summed E-state index contributed by atoms with van der Waals surface area (Å²) in [6, 6.07) is 34.7. The van der Waals surface area contributed by atoms with Crippen LogP contribution in [0.3, 0.4) is 0 Å². The van der Waals surface area contributed by atoms with Crippen molar-refractivity contribution in [1.82, 2.24) is 0 Å². The Morgan fingerprint density at radius 1 is 0.765 bits per heavy atom. The van der Waals surface area contributed by atoms with E-state index in [0.29, 0.717) is 0 Å². The van der Waals surface area contributed by atoms with E-state index in [4.69, 9.17) is 0 Å². The molecule has 0 heterocycles. The highest BCUT2D eigenvalue weighted by atomic mass is 14.1. The molecule has 4 rings (SSSR count). The Balaban J connectivity index is 1.56. The lowest BCUT2D eigenvalue weighted by Gasteiger charge is -2.11. The molecule has 0 aliphatic rings.